The van der Waals surface area contributed by atoms with Crippen LogP contribution in [0.4, 0.5) is 8.78 Å². The van der Waals surface area contributed by atoms with Gasteiger partial charge in [0.2, 0.25) is 5.90 Å². The van der Waals surface area contributed by atoms with Crippen LogP contribution in [0.5, 0.6) is 11.5 Å². The number of esters is 1. The number of aliphatic imine (C=N–C) groups is 1. The van der Waals surface area contributed by atoms with Crippen molar-refractivity contribution in [3.8, 4) is 11.5 Å². The maximum Gasteiger partial charge on any atom is 0.363 e. The zero-order valence-corrected chi connectivity index (χ0v) is 14.8. The second kappa shape index (κ2) is 7.99. The molecule has 0 amide bonds. The fraction of sp³-hybridized carbons (Fsp3) is 0.200. The van der Waals surface area contributed by atoms with Crippen LogP contribution in [0.1, 0.15) is 25.0 Å². The Morgan fingerprint density at radius 3 is 2.48 bits per heavy atom. The molecule has 0 spiro atoms. The fourth-order valence-electron chi connectivity index (χ4n) is 2.48. The third kappa shape index (κ3) is 4.13. The molecular weight excluding hydrogens is 356 g/mol. The van der Waals surface area contributed by atoms with Gasteiger partial charge in [0.1, 0.15) is 11.6 Å². The molecule has 0 unspecified atom stereocenters. The number of carbonyl (C=O) groups is 1. The number of rotatable bonds is 6. The Labute approximate surface area is 154 Å². The molecule has 2 aromatic carbocycles. The number of cyclic esters (lactones) is 1. The predicted molar refractivity (Wildman–Crippen MR) is 95.7 cm³/mol. The lowest BCUT2D eigenvalue weighted by Gasteiger charge is -2.11. The van der Waals surface area contributed by atoms with E-state index in [-0.39, 0.29) is 17.2 Å². The summed E-state index contributed by atoms with van der Waals surface area (Å²) in [6.07, 6.45) is 1.21. The molecule has 3 rings (SSSR count). The van der Waals surface area contributed by atoms with Gasteiger partial charge in [-0.05, 0) is 50.3 Å². The van der Waals surface area contributed by atoms with E-state index in [1.54, 1.807) is 18.2 Å². The van der Waals surface area contributed by atoms with Gasteiger partial charge in [-0.1, -0.05) is 0 Å². The monoisotopic (exact) mass is 373 g/mol. The van der Waals surface area contributed by atoms with Gasteiger partial charge in [0.15, 0.2) is 17.2 Å². The van der Waals surface area contributed by atoms with Gasteiger partial charge in [-0.25, -0.2) is 18.6 Å². The van der Waals surface area contributed by atoms with Crippen LogP contribution >= 0.6 is 0 Å². The Morgan fingerprint density at radius 1 is 1.04 bits per heavy atom. The molecule has 0 fully saturated rings. The molecule has 0 radical (unpaired) electrons. The van der Waals surface area contributed by atoms with E-state index in [0.29, 0.717) is 30.3 Å². The summed E-state index contributed by atoms with van der Waals surface area (Å²) in [6, 6.07) is 8.09. The van der Waals surface area contributed by atoms with Crippen LogP contribution in [0, 0.1) is 11.6 Å². The predicted octanol–water partition coefficient (Wildman–Crippen LogP) is 4.11. The first-order chi connectivity index (χ1) is 13.0. The minimum Gasteiger partial charge on any atom is -0.490 e. The highest BCUT2D eigenvalue weighted by molar-refractivity contribution is 6.13. The maximum absolute atomic E-state index is 13.8. The molecule has 2 aromatic rings. The van der Waals surface area contributed by atoms with E-state index in [1.165, 1.54) is 12.1 Å². The lowest BCUT2D eigenvalue weighted by atomic mass is 10.1. The minimum absolute atomic E-state index is 0.0371. The second-order valence-electron chi connectivity index (χ2n) is 5.53. The molecule has 7 heteroatoms. The van der Waals surface area contributed by atoms with E-state index >= 15 is 0 Å². The summed E-state index contributed by atoms with van der Waals surface area (Å²) in [7, 11) is 0. The van der Waals surface area contributed by atoms with Crippen molar-refractivity contribution in [1.29, 1.82) is 0 Å². The van der Waals surface area contributed by atoms with Gasteiger partial charge in [-0.3, -0.25) is 0 Å². The van der Waals surface area contributed by atoms with E-state index in [1.807, 2.05) is 13.8 Å². The average Bonchev–Trinajstić information content (AvgIpc) is 3.00. The molecule has 0 atom stereocenters. The lowest BCUT2D eigenvalue weighted by molar-refractivity contribution is -0.129. The van der Waals surface area contributed by atoms with Crippen molar-refractivity contribution >= 4 is 17.9 Å². The summed E-state index contributed by atoms with van der Waals surface area (Å²) in [4.78, 5) is 16.2. The smallest absolute Gasteiger partial charge is 0.363 e. The summed E-state index contributed by atoms with van der Waals surface area (Å²) in [6.45, 7) is 4.61. The normalized spacial score (nSPS) is 14.9. The lowest BCUT2D eigenvalue weighted by Crippen LogP contribution is -2.06. The second-order valence-corrected chi connectivity index (χ2v) is 5.53. The van der Waals surface area contributed by atoms with Crippen molar-refractivity contribution in [3.63, 3.8) is 0 Å². The van der Waals surface area contributed by atoms with Gasteiger partial charge < -0.3 is 14.2 Å². The Bertz CT molecular complexity index is 938. The molecule has 0 aliphatic carbocycles. The summed E-state index contributed by atoms with van der Waals surface area (Å²) in [5.41, 5.74) is 0.468. The zero-order chi connectivity index (χ0) is 19.4. The molecular formula is C20H17F2NO4. The highest BCUT2D eigenvalue weighted by Crippen LogP contribution is 2.30. The first-order valence-corrected chi connectivity index (χ1v) is 8.39. The number of hydrogen-bond acceptors (Lipinski definition) is 5. The van der Waals surface area contributed by atoms with Crippen molar-refractivity contribution in [2.45, 2.75) is 13.8 Å². The molecule has 1 aliphatic heterocycles. The number of carbonyl (C=O) groups excluding carboxylic acids is 1. The van der Waals surface area contributed by atoms with Crippen molar-refractivity contribution in [1.82, 2.24) is 0 Å². The van der Waals surface area contributed by atoms with Crippen LogP contribution < -0.4 is 9.47 Å². The molecule has 140 valence electrons. The van der Waals surface area contributed by atoms with Gasteiger partial charge in [0.05, 0.1) is 13.2 Å². The van der Waals surface area contributed by atoms with Crippen LogP contribution in [0.25, 0.3) is 6.08 Å². The van der Waals surface area contributed by atoms with E-state index in [4.69, 9.17) is 14.2 Å². The SMILES string of the molecule is CCOc1ccc(C2=N/C(=C\c3ccc(F)cc3F)C(=O)O2)cc1OCC. The minimum atomic E-state index is -0.793. The fourth-order valence-corrected chi connectivity index (χ4v) is 2.48. The van der Waals surface area contributed by atoms with Crippen molar-refractivity contribution < 1.29 is 27.8 Å². The number of nitrogens with zero attached hydrogens (tertiary/aromatic N) is 1. The van der Waals surface area contributed by atoms with E-state index < -0.39 is 17.6 Å². The first kappa shape index (κ1) is 18.6. The van der Waals surface area contributed by atoms with Crippen molar-refractivity contribution in [3.05, 3.63) is 64.9 Å². The first-order valence-electron chi connectivity index (χ1n) is 8.39. The Kier molecular flexibility index (Phi) is 5.49. The topological polar surface area (TPSA) is 57.1 Å². The average molecular weight is 373 g/mol. The molecule has 0 bridgehead atoms. The number of ether oxygens (including phenoxy) is 3. The summed E-state index contributed by atoms with van der Waals surface area (Å²) in [5.74, 6) is -1.09. The molecule has 1 heterocycles. The third-order valence-corrected chi connectivity index (χ3v) is 3.67. The highest BCUT2D eigenvalue weighted by Gasteiger charge is 2.25. The Hall–Kier alpha value is -3.22. The molecule has 0 saturated carbocycles. The molecule has 0 N–H and O–H groups in total. The van der Waals surface area contributed by atoms with Gasteiger partial charge in [0, 0.05) is 17.2 Å². The molecule has 0 saturated heterocycles. The number of halogens is 2. The van der Waals surface area contributed by atoms with Crippen LogP contribution in [-0.2, 0) is 9.53 Å². The molecule has 5 nitrogen and oxygen atoms in total. The third-order valence-electron chi connectivity index (χ3n) is 3.67. The van der Waals surface area contributed by atoms with Crippen LogP contribution in [-0.4, -0.2) is 25.1 Å². The van der Waals surface area contributed by atoms with Crippen LogP contribution in [0.15, 0.2) is 47.1 Å². The van der Waals surface area contributed by atoms with Gasteiger partial charge in [-0.2, -0.15) is 0 Å². The quantitative estimate of drug-likeness (QED) is 0.565. The summed E-state index contributed by atoms with van der Waals surface area (Å²) >= 11 is 0. The molecule has 0 aromatic heterocycles. The van der Waals surface area contributed by atoms with E-state index in [0.717, 1.165) is 12.1 Å². The van der Waals surface area contributed by atoms with E-state index in [2.05, 4.69) is 4.99 Å². The van der Waals surface area contributed by atoms with Crippen molar-refractivity contribution in [2.75, 3.05) is 13.2 Å². The van der Waals surface area contributed by atoms with Gasteiger partial charge in [-0.15, -0.1) is 0 Å². The van der Waals surface area contributed by atoms with E-state index in [9.17, 15) is 13.6 Å². The standard InChI is InChI=1S/C20H17F2NO4/c1-3-25-17-8-6-13(10-18(17)26-4-2)19-23-16(20(24)27-19)9-12-5-7-14(21)11-15(12)22/h5-11H,3-4H2,1-2H3/b16-9-. The van der Waals surface area contributed by atoms with Gasteiger partial charge in [0.25, 0.3) is 0 Å². The largest absolute Gasteiger partial charge is 0.490 e. The van der Waals surface area contributed by atoms with Gasteiger partial charge >= 0.3 is 5.97 Å². The van der Waals surface area contributed by atoms with Crippen molar-refractivity contribution in [2.24, 2.45) is 4.99 Å². The summed E-state index contributed by atoms with van der Waals surface area (Å²) in [5, 5.41) is 0. The van der Waals surface area contributed by atoms with Crippen LogP contribution in [0.2, 0.25) is 0 Å². The Morgan fingerprint density at radius 2 is 1.78 bits per heavy atom. The Balaban J connectivity index is 1.93. The number of benzene rings is 2. The molecule has 1 aliphatic rings. The zero-order valence-electron chi connectivity index (χ0n) is 14.8. The maximum atomic E-state index is 13.8. The highest BCUT2D eigenvalue weighted by atomic mass is 19.1. The van der Waals surface area contributed by atoms with Crippen LogP contribution in [0.3, 0.4) is 0 Å². The number of hydrogen-bond donors (Lipinski definition) is 0. The summed E-state index contributed by atoms with van der Waals surface area (Å²) < 4.78 is 43.0. The molecule has 27 heavy (non-hydrogen) atoms.